The van der Waals surface area contributed by atoms with Gasteiger partial charge in [0.05, 0.1) is 25.5 Å². The first-order valence-electron chi connectivity index (χ1n) is 10.7. The number of carbonyl (C=O) groups excluding carboxylic acids is 2. The molecule has 1 aromatic heterocycles. The van der Waals surface area contributed by atoms with E-state index in [1.165, 1.54) is 24.8 Å². The van der Waals surface area contributed by atoms with E-state index in [9.17, 15) is 14.0 Å². The maximum Gasteiger partial charge on any atom is 0.337 e. The summed E-state index contributed by atoms with van der Waals surface area (Å²) in [5.74, 6) is -0.535. The Labute approximate surface area is 192 Å². The van der Waals surface area contributed by atoms with Crippen molar-refractivity contribution in [1.29, 1.82) is 0 Å². The van der Waals surface area contributed by atoms with Crippen LogP contribution in [0.2, 0.25) is 0 Å². The molecule has 1 aliphatic heterocycles. The minimum absolute atomic E-state index is 0.166. The summed E-state index contributed by atoms with van der Waals surface area (Å²) < 4.78 is 25.9. The summed E-state index contributed by atoms with van der Waals surface area (Å²) in [6, 6.07) is 4.14. The number of nitrogens with one attached hydrogen (secondary N) is 1. The van der Waals surface area contributed by atoms with E-state index in [0.717, 1.165) is 40.7 Å². The maximum absolute atomic E-state index is 14.0. The topological polar surface area (TPSA) is 82.4 Å². The Morgan fingerprint density at radius 1 is 1.27 bits per heavy atom. The van der Waals surface area contributed by atoms with Gasteiger partial charge in [0.1, 0.15) is 11.6 Å². The molecule has 0 saturated carbocycles. The van der Waals surface area contributed by atoms with E-state index < -0.39 is 11.8 Å². The van der Waals surface area contributed by atoms with Gasteiger partial charge < -0.3 is 14.8 Å². The minimum atomic E-state index is -0.585. The molecule has 0 bridgehead atoms. The van der Waals surface area contributed by atoms with Crippen molar-refractivity contribution < 1.29 is 23.5 Å². The van der Waals surface area contributed by atoms with Crippen LogP contribution in [-0.2, 0) is 16.0 Å². The number of benzene rings is 1. The maximum atomic E-state index is 14.0. The lowest BCUT2D eigenvalue weighted by Gasteiger charge is -2.13. The molecule has 2 heterocycles. The molecule has 0 atom stereocenters. The van der Waals surface area contributed by atoms with Crippen LogP contribution in [0.5, 0.6) is 0 Å². The first-order valence-corrected chi connectivity index (χ1v) is 10.7. The highest BCUT2D eigenvalue weighted by Crippen LogP contribution is 2.34. The van der Waals surface area contributed by atoms with E-state index in [4.69, 9.17) is 9.47 Å². The number of carbonyl (C=O) groups is 2. The van der Waals surface area contributed by atoms with Crippen LogP contribution < -0.4 is 5.32 Å². The quantitative estimate of drug-likeness (QED) is 0.616. The smallest absolute Gasteiger partial charge is 0.337 e. The number of nitrogens with zero attached hydrogens (tertiary/aromatic N) is 2. The highest BCUT2D eigenvalue weighted by molar-refractivity contribution is 5.89. The summed E-state index contributed by atoms with van der Waals surface area (Å²) in [6.45, 7) is 6.28. The molecule has 174 valence electrons. The monoisotopic (exact) mass is 453 g/mol. The number of ether oxygens (including phenoxy) is 2. The van der Waals surface area contributed by atoms with Crippen molar-refractivity contribution in [3.63, 3.8) is 0 Å². The summed E-state index contributed by atoms with van der Waals surface area (Å²) in [5.41, 5.74) is 4.29. The second-order valence-electron chi connectivity index (χ2n) is 7.64. The van der Waals surface area contributed by atoms with Gasteiger partial charge in [-0.05, 0) is 37.1 Å². The van der Waals surface area contributed by atoms with Crippen LogP contribution in [-0.4, -0.2) is 35.4 Å². The van der Waals surface area contributed by atoms with Crippen LogP contribution >= 0.6 is 0 Å². The summed E-state index contributed by atoms with van der Waals surface area (Å²) in [4.78, 5) is 23.5. The predicted molar refractivity (Wildman–Crippen MR) is 123 cm³/mol. The molecule has 0 unspecified atom stereocenters. The number of hydrogen-bond donors (Lipinski definition) is 1. The lowest BCUT2D eigenvalue weighted by Crippen LogP contribution is -2.14. The van der Waals surface area contributed by atoms with Gasteiger partial charge in [-0.15, -0.1) is 0 Å². The van der Waals surface area contributed by atoms with Crippen molar-refractivity contribution in [3.8, 4) is 0 Å². The van der Waals surface area contributed by atoms with Crippen molar-refractivity contribution in [2.24, 2.45) is 0 Å². The van der Waals surface area contributed by atoms with Gasteiger partial charge in [-0.3, -0.25) is 4.79 Å². The van der Waals surface area contributed by atoms with Crippen LogP contribution in [0, 0.1) is 5.82 Å². The highest BCUT2D eigenvalue weighted by atomic mass is 19.1. The fourth-order valence-electron chi connectivity index (χ4n) is 3.56. The number of esters is 1. The van der Waals surface area contributed by atoms with E-state index in [0.29, 0.717) is 25.1 Å². The number of aromatic nitrogens is 2. The zero-order valence-electron chi connectivity index (χ0n) is 19.3. The van der Waals surface area contributed by atoms with Gasteiger partial charge in [0.15, 0.2) is 0 Å². The first kappa shape index (κ1) is 24.0. The van der Waals surface area contributed by atoms with Crippen molar-refractivity contribution in [3.05, 3.63) is 82.3 Å². The molecule has 1 aromatic carbocycles. The fraction of sp³-hybridized carbons (Fsp3) is 0.320. The third-order valence-electron chi connectivity index (χ3n) is 5.24. The number of rotatable bonds is 7. The van der Waals surface area contributed by atoms with Crippen LogP contribution in [0.15, 0.2) is 59.8 Å². The van der Waals surface area contributed by atoms with Gasteiger partial charge >= 0.3 is 5.97 Å². The normalized spacial score (nSPS) is 16.5. The summed E-state index contributed by atoms with van der Waals surface area (Å²) >= 11 is 0. The molecular weight excluding hydrogens is 425 g/mol. The van der Waals surface area contributed by atoms with Crippen molar-refractivity contribution in [1.82, 2.24) is 15.1 Å². The number of hydrogen-bond acceptors (Lipinski definition) is 6. The highest BCUT2D eigenvalue weighted by Gasteiger charge is 2.23. The molecule has 1 aliphatic rings. The SMILES string of the molecule is CC/C=C/C(=C1/OCC/C1=C(/C)NCc1cc(F)cc(C(=O)OC)c1)c1cnn(C(C)=O)c1. The van der Waals surface area contributed by atoms with Crippen LogP contribution in [0.3, 0.4) is 0 Å². The Morgan fingerprint density at radius 3 is 2.73 bits per heavy atom. The summed E-state index contributed by atoms with van der Waals surface area (Å²) in [5, 5.41) is 7.45. The average Bonchev–Trinajstić information content (AvgIpc) is 3.47. The van der Waals surface area contributed by atoms with E-state index in [2.05, 4.69) is 10.4 Å². The van der Waals surface area contributed by atoms with Gasteiger partial charge in [-0.25, -0.2) is 13.9 Å². The summed E-state index contributed by atoms with van der Waals surface area (Å²) in [7, 11) is 1.26. The minimum Gasteiger partial charge on any atom is -0.492 e. The molecule has 2 aromatic rings. The van der Waals surface area contributed by atoms with E-state index in [-0.39, 0.29) is 11.5 Å². The second kappa shape index (κ2) is 10.8. The molecule has 8 heteroatoms. The Hall–Kier alpha value is -3.68. The van der Waals surface area contributed by atoms with E-state index in [1.54, 1.807) is 18.5 Å². The molecular formula is C25H28FN3O4. The Kier molecular flexibility index (Phi) is 7.82. The molecule has 3 rings (SSSR count). The number of halogens is 1. The Bertz CT molecular complexity index is 1140. The van der Waals surface area contributed by atoms with Crippen LogP contribution in [0.4, 0.5) is 4.39 Å². The third-order valence-corrected chi connectivity index (χ3v) is 5.24. The van der Waals surface area contributed by atoms with E-state index >= 15 is 0 Å². The van der Waals surface area contributed by atoms with Crippen molar-refractivity contribution in [2.75, 3.05) is 13.7 Å². The van der Waals surface area contributed by atoms with Gasteiger partial charge in [-0.2, -0.15) is 5.10 Å². The van der Waals surface area contributed by atoms with Gasteiger partial charge in [0.25, 0.3) is 0 Å². The predicted octanol–water partition coefficient (Wildman–Crippen LogP) is 4.63. The summed E-state index contributed by atoms with van der Waals surface area (Å²) in [6.07, 6.45) is 8.88. The standard InChI is InChI=1S/C25H28FN3O4/c1-5-6-7-23(20-14-28-29(15-20)17(3)30)24-22(8-9-33-24)16(2)27-13-18-10-19(25(31)32-4)12-21(26)11-18/h6-7,10-12,14-15,27H,5,8-9,13H2,1-4H3/b7-6+,22-16+,24-23-. The van der Waals surface area contributed by atoms with Crippen molar-refractivity contribution >= 4 is 17.4 Å². The Morgan fingerprint density at radius 2 is 2.06 bits per heavy atom. The molecule has 33 heavy (non-hydrogen) atoms. The largest absolute Gasteiger partial charge is 0.492 e. The first-order chi connectivity index (χ1) is 15.8. The number of methoxy groups -OCH3 is 1. The molecule has 1 N–H and O–H groups in total. The molecule has 7 nitrogen and oxygen atoms in total. The van der Waals surface area contributed by atoms with Gasteiger partial charge in [-0.1, -0.05) is 19.1 Å². The molecule has 0 aliphatic carbocycles. The molecule has 1 fully saturated rings. The fourth-order valence-corrected chi connectivity index (χ4v) is 3.56. The molecule has 0 spiro atoms. The lowest BCUT2D eigenvalue weighted by atomic mass is 10.0. The van der Waals surface area contributed by atoms with Gasteiger partial charge in [0.2, 0.25) is 5.91 Å². The van der Waals surface area contributed by atoms with Gasteiger partial charge in [0, 0.05) is 48.5 Å². The second-order valence-corrected chi connectivity index (χ2v) is 7.64. The third kappa shape index (κ3) is 5.77. The molecule has 1 saturated heterocycles. The zero-order valence-corrected chi connectivity index (χ0v) is 19.3. The van der Waals surface area contributed by atoms with Crippen LogP contribution in [0.1, 0.15) is 59.9 Å². The molecule has 0 radical (unpaired) electrons. The lowest BCUT2D eigenvalue weighted by molar-refractivity contribution is 0.0600. The zero-order chi connectivity index (χ0) is 24.0. The number of allylic oxidation sites excluding steroid dienone is 5. The van der Waals surface area contributed by atoms with Crippen molar-refractivity contribution in [2.45, 2.75) is 40.2 Å². The molecule has 0 amide bonds. The Balaban J connectivity index is 1.92. The average molecular weight is 454 g/mol. The van der Waals surface area contributed by atoms with Crippen LogP contribution in [0.25, 0.3) is 5.57 Å². The van der Waals surface area contributed by atoms with E-state index in [1.807, 2.05) is 26.0 Å².